The number of aryl methyl sites for hydroxylation is 1. The summed E-state index contributed by atoms with van der Waals surface area (Å²) in [6, 6.07) is 3.35. The molecule has 0 aromatic carbocycles. The summed E-state index contributed by atoms with van der Waals surface area (Å²) in [5.74, 6) is 0.354. The van der Waals surface area contributed by atoms with Crippen LogP contribution in [0.25, 0.3) is 0 Å². The Balaban J connectivity index is 1.60. The van der Waals surface area contributed by atoms with Crippen LogP contribution in [0.5, 0.6) is 0 Å². The smallest absolute Gasteiger partial charge is 0.266 e. The van der Waals surface area contributed by atoms with Crippen molar-refractivity contribution in [1.82, 2.24) is 20.1 Å². The van der Waals surface area contributed by atoms with Crippen molar-refractivity contribution in [1.29, 1.82) is 0 Å². The van der Waals surface area contributed by atoms with Crippen molar-refractivity contribution >= 4 is 17.2 Å². The van der Waals surface area contributed by atoms with Gasteiger partial charge in [0.1, 0.15) is 4.88 Å². The molecule has 1 N–H and O–H groups in total. The lowest BCUT2D eigenvalue weighted by atomic mass is 10.3. The predicted octanol–water partition coefficient (Wildman–Crippen LogP) is 1.32. The van der Waals surface area contributed by atoms with Crippen molar-refractivity contribution in [2.45, 2.75) is 32.2 Å². The van der Waals surface area contributed by atoms with E-state index in [1.807, 2.05) is 0 Å². The van der Waals surface area contributed by atoms with Gasteiger partial charge in [0, 0.05) is 18.5 Å². The van der Waals surface area contributed by atoms with Gasteiger partial charge in [0.15, 0.2) is 0 Å². The number of aromatic nitrogens is 3. The molecule has 110 valence electrons. The van der Waals surface area contributed by atoms with Gasteiger partial charge in [-0.2, -0.15) is 5.10 Å². The number of carbonyl (C=O) groups is 1. The van der Waals surface area contributed by atoms with Crippen LogP contribution in [0.15, 0.2) is 22.4 Å². The van der Waals surface area contributed by atoms with Gasteiger partial charge in [-0.3, -0.25) is 9.59 Å². The molecule has 0 spiro atoms. The zero-order chi connectivity index (χ0) is 14.8. The predicted molar refractivity (Wildman–Crippen MR) is 79.7 cm³/mol. The lowest BCUT2D eigenvalue weighted by molar-refractivity contribution is 0.0955. The van der Waals surface area contributed by atoms with Crippen LogP contribution in [0.2, 0.25) is 0 Å². The van der Waals surface area contributed by atoms with E-state index >= 15 is 0 Å². The highest BCUT2D eigenvalue weighted by molar-refractivity contribution is 7.11. The number of hydrogen-bond acceptors (Lipinski definition) is 5. The first kappa shape index (κ1) is 13.9. The van der Waals surface area contributed by atoms with E-state index in [0.29, 0.717) is 23.9 Å². The number of amides is 1. The summed E-state index contributed by atoms with van der Waals surface area (Å²) in [6.07, 6.45) is 2.29. The zero-order valence-corrected chi connectivity index (χ0v) is 12.5. The van der Waals surface area contributed by atoms with Gasteiger partial charge in [0.05, 0.1) is 23.4 Å². The van der Waals surface area contributed by atoms with Gasteiger partial charge in [-0.1, -0.05) is 0 Å². The van der Waals surface area contributed by atoms with E-state index in [9.17, 15) is 9.59 Å². The van der Waals surface area contributed by atoms with Gasteiger partial charge in [0.2, 0.25) is 0 Å². The first-order chi connectivity index (χ1) is 10.1. The highest BCUT2D eigenvalue weighted by atomic mass is 32.1. The van der Waals surface area contributed by atoms with E-state index in [-0.39, 0.29) is 11.5 Å². The molecule has 0 atom stereocenters. The van der Waals surface area contributed by atoms with Crippen molar-refractivity contribution in [3.8, 4) is 0 Å². The van der Waals surface area contributed by atoms with Crippen molar-refractivity contribution in [3.05, 3.63) is 44.3 Å². The maximum atomic E-state index is 11.9. The molecule has 1 aliphatic carbocycles. The van der Waals surface area contributed by atoms with E-state index in [0.717, 1.165) is 24.2 Å². The fraction of sp³-hybridized carbons (Fsp3) is 0.429. The minimum atomic E-state index is -0.151. The molecule has 0 bridgehead atoms. The second kappa shape index (κ2) is 5.77. The fourth-order valence-electron chi connectivity index (χ4n) is 2.10. The lowest BCUT2D eigenvalue weighted by Gasteiger charge is -2.07. The third-order valence-electron chi connectivity index (χ3n) is 3.44. The molecule has 7 heteroatoms. The maximum Gasteiger partial charge on any atom is 0.266 e. The van der Waals surface area contributed by atoms with E-state index in [1.54, 1.807) is 24.6 Å². The third-order valence-corrected chi connectivity index (χ3v) is 4.37. The number of hydrogen-bond donors (Lipinski definition) is 1. The molecule has 1 amide bonds. The summed E-state index contributed by atoms with van der Waals surface area (Å²) in [7, 11) is 0. The molecule has 0 saturated heterocycles. The molecule has 3 rings (SSSR count). The average molecular weight is 304 g/mol. The average Bonchev–Trinajstić information content (AvgIpc) is 3.22. The van der Waals surface area contributed by atoms with Crippen LogP contribution >= 0.6 is 11.3 Å². The normalized spacial score (nSPS) is 14.1. The molecular weight excluding hydrogens is 288 g/mol. The molecule has 0 unspecified atom stereocenters. The van der Waals surface area contributed by atoms with Crippen LogP contribution in [0.3, 0.4) is 0 Å². The molecule has 0 aliphatic heterocycles. The van der Waals surface area contributed by atoms with Gasteiger partial charge in [-0.15, -0.1) is 11.3 Å². The van der Waals surface area contributed by atoms with Gasteiger partial charge in [0.25, 0.3) is 11.5 Å². The van der Waals surface area contributed by atoms with Crippen LogP contribution in [0.4, 0.5) is 0 Å². The highest BCUT2D eigenvalue weighted by Crippen LogP contribution is 2.38. The molecule has 1 fully saturated rings. The Kier molecular flexibility index (Phi) is 3.83. The van der Waals surface area contributed by atoms with Crippen LogP contribution in [-0.4, -0.2) is 27.2 Å². The second-order valence-electron chi connectivity index (χ2n) is 5.12. The molecule has 1 aliphatic rings. The first-order valence-corrected chi connectivity index (χ1v) is 7.79. The van der Waals surface area contributed by atoms with E-state index in [1.165, 1.54) is 16.0 Å². The van der Waals surface area contributed by atoms with E-state index < -0.39 is 0 Å². The third kappa shape index (κ3) is 3.18. The maximum absolute atomic E-state index is 11.9. The molecule has 2 heterocycles. The van der Waals surface area contributed by atoms with Crippen molar-refractivity contribution in [2.75, 3.05) is 6.54 Å². The highest BCUT2D eigenvalue weighted by Gasteiger charge is 2.25. The van der Waals surface area contributed by atoms with Crippen LogP contribution < -0.4 is 10.9 Å². The van der Waals surface area contributed by atoms with Crippen molar-refractivity contribution in [3.63, 3.8) is 0 Å². The lowest BCUT2D eigenvalue weighted by Crippen LogP contribution is -2.32. The fourth-order valence-corrected chi connectivity index (χ4v) is 2.82. The summed E-state index contributed by atoms with van der Waals surface area (Å²) in [4.78, 5) is 28.4. The summed E-state index contributed by atoms with van der Waals surface area (Å²) >= 11 is 1.31. The summed E-state index contributed by atoms with van der Waals surface area (Å²) in [5.41, 5.74) is 3.21. The SMILES string of the molecule is Cc1ncsc1C(=O)NCCn1nc(C2CC2)ccc1=O. The Hall–Kier alpha value is -2.02. The van der Waals surface area contributed by atoms with Crippen molar-refractivity contribution in [2.24, 2.45) is 0 Å². The Morgan fingerprint density at radius 1 is 1.48 bits per heavy atom. The van der Waals surface area contributed by atoms with Gasteiger partial charge >= 0.3 is 0 Å². The topological polar surface area (TPSA) is 76.9 Å². The summed E-state index contributed by atoms with van der Waals surface area (Å²) in [5, 5.41) is 7.15. The number of nitrogens with one attached hydrogen (secondary N) is 1. The summed E-state index contributed by atoms with van der Waals surface area (Å²) in [6.45, 7) is 2.55. The Bertz CT molecular complexity index is 718. The van der Waals surface area contributed by atoms with E-state index in [2.05, 4.69) is 15.4 Å². The van der Waals surface area contributed by atoms with Gasteiger partial charge in [-0.25, -0.2) is 9.67 Å². The zero-order valence-electron chi connectivity index (χ0n) is 11.7. The van der Waals surface area contributed by atoms with E-state index in [4.69, 9.17) is 0 Å². The standard InChI is InChI=1S/C14H16N4O2S/c1-9-13(21-8-16-9)14(20)15-6-7-18-12(19)5-4-11(17-18)10-2-3-10/h4-5,8,10H,2-3,6-7H2,1H3,(H,15,20). The Morgan fingerprint density at radius 2 is 2.29 bits per heavy atom. The molecule has 0 radical (unpaired) electrons. The number of carbonyl (C=O) groups excluding carboxylic acids is 1. The van der Waals surface area contributed by atoms with Crippen LogP contribution in [-0.2, 0) is 6.54 Å². The second-order valence-corrected chi connectivity index (χ2v) is 5.97. The largest absolute Gasteiger partial charge is 0.349 e. The number of rotatable bonds is 5. The minimum Gasteiger partial charge on any atom is -0.349 e. The van der Waals surface area contributed by atoms with Gasteiger partial charge < -0.3 is 5.32 Å². The molecular formula is C14H16N4O2S. The molecule has 21 heavy (non-hydrogen) atoms. The molecule has 2 aromatic heterocycles. The first-order valence-electron chi connectivity index (χ1n) is 6.91. The van der Waals surface area contributed by atoms with Crippen molar-refractivity contribution < 1.29 is 4.79 Å². The number of thiazole rings is 1. The monoisotopic (exact) mass is 304 g/mol. The summed E-state index contributed by atoms with van der Waals surface area (Å²) < 4.78 is 1.42. The molecule has 2 aromatic rings. The quantitative estimate of drug-likeness (QED) is 0.903. The Labute approximate surface area is 125 Å². The van der Waals surface area contributed by atoms with Crippen LogP contribution in [0.1, 0.15) is 39.8 Å². The minimum absolute atomic E-state index is 0.136. The molecule has 1 saturated carbocycles. The number of nitrogens with zero attached hydrogens (tertiary/aromatic N) is 3. The van der Waals surface area contributed by atoms with Gasteiger partial charge in [-0.05, 0) is 25.8 Å². The Morgan fingerprint density at radius 3 is 2.95 bits per heavy atom. The van der Waals surface area contributed by atoms with Crippen LogP contribution in [0, 0.1) is 6.92 Å². The molecule has 6 nitrogen and oxygen atoms in total.